The molecular weight excluding hydrogens is 162 g/mol. The molecule has 0 saturated heterocycles. The summed E-state index contributed by atoms with van der Waals surface area (Å²) in [5.41, 5.74) is 0. The number of nitrogens with zero attached hydrogens (tertiary/aromatic N) is 1. The van der Waals surface area contributed by atoms with E-state index >= 15 is 0 Å². The van der Waals surface area contributed by atoms with Crippen LogP contribution in [-0.4, -0.2) is 59.2 Å². The van der Waals surface area contributed by atoms with Gasteiger partial charge < -0.3 is 19.8 Å². The zero-order chi connectivity index (χ0) is 9.94. The van der Waals surface area contributed by atoms with E-state index in [1.165, 1.54) is 0 Å². The van der Waals surface area contributed by atoms with Crippen molar-refractivity contribution in [1.82, 2.24) is 0 Å². The van der Waals surface area contributed by atoms with Crippen molar-refractivity contribution in [2.45, 2.75) is 18.8 Å². The minimum atomic E-state index is -1.22. The highest BCUT2D eigenvalue weighted by Gasteiger charge is 2.30. The number of carboxylic acids is 1. The zero-order valence-corrected chi connectivity index (χ0v) is 7.56. The van der Waals surface area contributed by atoms with E-state index in [1.807, 2.05) is 0 Å². The number of hydrogen-bond acceptors (Lipinski definition) is 3. The summed E-state index contributed by atoms with van der Waals surface area (Å²) in [7, 11) is 5.03. The van der Waals surface area contributed by atoms with Gasteiger partial charge in [-0.25, -0.2) is 0 Å². The molecule has 5 heteroatoms. The van der Waals surface area contributed by atoms with Gasteiger partial charge in [0.25, 0.3) is 0 Å². The Kier molecular flexibility index (Phi) is 3.63. The third-order valence-corrected chi connectivity index (χ3v) is 1.52. The van der Waals surface area contributed by atoms with Crippen molar-refractivity contribution in [3.05, 3.63) is 0 Å². The summed E-state index contributed by atoms with van der Waals surface area (Å²) in [6.07, 6.45) is -2.72. The number of rotatable bonds is 4. The van der Waals surface area contributed by atoms with Crippen LogP contribution in [0.5, 0.6) is 0 Å². The first kappa shape index (κ1) is 11.4. The van der Waals surface area contributed by atoms with E-state index in [0.717, 1.165) is 0 Å². The van der Waals surface area contributed by atoms with E-state index in [0.29, 0.717) is 0 Å². The highest BCUT2D eigenvalue weighted by molar-refractivity contribution is 5.67. The molecule has 0 rings (SSSR count). The molecule has 72 valence electrons. The van der Waals surface area contributed by atoms with Crippen molar-refractivity contribution < 1.29 is 24.6 Å². The lowest BCUT2D eigenvalue weighted by molar-refractivity contribution is -0.922. The van der Waals surface area contributed by atoms with Crippen molar-refractivity contribution in [1.29, 1.82) is 0 Å². The van der Waals surface area contributed by atoms with Gasteiger partial charge in [-0.2, -0.15) is 0 Å². The fourth-order valence-electron chi connectivity index (χ4n) is 0.801. The highest BCUT2D eigenvalue weighted by Crippen LogP contribution is 2.07. The molecule has 0 fully saturated rings. The second kappa shape index (κ2) is 3.84. The van der Waals surface area contributed by atoms with Gasteiger partial charge in [0, 0.05) is 0 Å². The molecule has 0 saturated carbocycles. The average Bonchev–Trinajstić information content (AvgIpc) is 1.82. The molecular formula is C7H16NO4+. The Labute approximate surface area is 71.4 Å². The van der Waals surface area contributed by atoms with Gasteiger partial charge in [0.1, 0.15) is 6.10 Å². The molecule has 0 aromatic carbocycles. The number of aliphatic carboxylic acids is 1. The molecule has 12 heavy (non-hydrogen) atoms. The van der Waals surface area contributed by atoms with E-state index in [9.17, 15) is 15.0 Å². The molecule has 0 aliphatic carbocycles. The van der Waals surface area contributed by atoms with Crippen molar-refractivity contribution in [2.75, 3.05) is 21.1 Å². The fourth-order valence-corrected chi connectivity index (χ4v) is 0.801. The summed E-state index contributed by atoms with van der Waals surface area (Å²) in [6.45, 7) is 0. The van der Waals surface area contributed by atoms with Crippen molar-refractivity contribution in [3.63, 3.8) is 0 Å². The summed E-state index contributed by atoms with van der Waals surface area (Å²) >= 11 is 0. The Morgan fingerprint density at radius 1 is 1.33 bits per heavy atom. The van der Waals surface area contributed by atoms with Crippen LogP contribution in [0, 0.1) is 0 Å². The SMILES string of the molecule is C[N+](C)(C)C(O)C(O)CC(=O)O. The van der Waals surface area contributed by atoms with Gasteiger partial charge in [0.15, 0.2) is 0 Å². The Morgan fingerprint density at radius 3 is 2.00 bits per heavy atom. The van der Waals surface area contributed by atoms with Crippen LogP contribution in [0.25, 0.3) is 0 Å². The first-order valence-corrected chi connectivity index (χ1v) is 3.64. The van der Waals surface area contributed by atoms with Crippen LogP contribution in [0.3, 0.4) is 0 Å². The van der Waals surface area contributed by atoms with Gasteiger partial charge in [-0.05, 0) is 0 Å². The lowest BCUT2D eigenvalue weighted by atomic mass is 10.2. The van der Waals surface area contributed by atoms with Crippen LogP contribution in [0.15, 0.2) is 0 Å². The van der Waals surface area contributed by atoms with Crippen molar-refractivity contribution >= 4 is 5.97 Å². The molecule has 0 aliphatic heterocycles. The summed E-state index contributed by atoms with van der Waals surface area (Å²) in [4.78, 5) is 10.2. The minimum absolute atomic E-state index is 0.119. The van der Waals surface area contributed by atoms with Crippen LogP contribution in [-0.2, 0) is 4.79 Å². The predicted molar refractivity (Wildman–Crippen MR) is 42.3 cm³/mol. The molecule has 0 bridgehead atoms. The number of carbonyl (C=O) groups is 1. The average molecular weight is 178 g/mol. The molecule has 5 nitrogen and oxygen atoms in total. The number of hydrogen-bond donors (Lipinski definition) is 3. The third-order valence-electron chi connectivity index (χ3n) is 1.52. The third kappa shape index (κ3) is 3.66. The fraction of sp³-hybridized carbons (Fsp3) is 0.857. The quantitative estimate of drug-likeness (QED) is 0.375. The van der Waals surface area contributed by atoms with Crippen molar-refractivity contribution in [2.24, 2.45) is 0 Å². The first-order valence-electron chi connectivity index (χ1n) is 3.64. The van der Waals surface area contributed by atoms with Gasteiger partial charge >= 0.3 is 5.97 Å². The topological polar surface area (TPSA) is 77.8 Å². The zero-order valence-electron chi connectivity index (χ0n) is 7.56. The monoisotopic (exact) mass is 178 g/mol. The molecule has 0 radical (unpaired) electrons. The van der Waals surface area contributed by atoms with Crippen molar-refractivity contribution in [3.8, 4) is 0 Å². The Morgan fingerprint density at radius 2 is 1.75 bits per heavy atom. The Balaban J connectivity index is 4.10. The van der Waals surface area contributed by atoms with Crippen LogP contribution in [0.4, 0.5) is 0 Å². The largest absolute Gasteiger partial charge is 0.481 e. The summed E-state index contributed by atoms with van der Waals surface area (Å²) in [6, 6.07) is 0. The lowest BCUT2D eigenvalue weighted by Gasteiger charge is -2.32. The van der Waals surface area contributed by atoms with Gasteiger partial charge in [-0.15, -0.1) is 0 Å². The second-order valence-corrected chi connectivity index (χ2v) is 3.70. The Bertz CT molecular complexity index is 163. The maximum atomic E-state index is 10.2. The first-order chi connectivity index (χ1) is 5.25. The lowest BCUT2D eigenvalue weighted by Crippen LogP contribution is -2.52. The highest BCUT2D eigenvalue weighted by atomic mass is 16.4. The van der Waals surface area contributed by atoms with Gasteiger partial charge in [0.05, 0.1) is 27.6 Å². The Hall–Kier alpha value is -0.650. The second-order valence-electron chi connectivity index (χ2n) is 3.70. The number of aliphatic hydroxyl groups is 2. The molecule has 0 aromatic rings. The van der Waals surface area contributed by atoms with E-state index in [2.05, 4.69) is 0 Å². The maximum absolute atomic E-state index is 10.2. The molecule has 0 aromatic heterocycles. The van der Waals surface area contributed by atoms with E-state index in [4.69, 9.17) is 5.11 Å². The van der Waals surface area contributed by atoms with Crippen LogP contribution < -0.4 is 0 Å². The molecule has 0 spiro atoms. The summed E-state index contributed by atoms with van der Waals surface area (Å²) in [5.74, 6) is -1.12. The molecule has 2 unspecified atom stereocenters. The minimum Gasteiger partial charge on any atom is -0.481 e. The standard InChI is InChI=1S/C7H15NO4/c1-8(2,3)7(12)5(9)4-6(10)11/h5,7,9,12H,4H2,1-3H3/p+1. The number of carboxylic acid groups (broad SMARTS) is 1. The van der Waals surface area contributed by atoms with E-state index < -0.39 is 24.7 Å². The van der Waals surface area contributed by atoms with Gasteiger partial charge in [-0.3, -0.25) is 4.79 Å². The van der Waals surface area contributed by atoms with E-state index in [1.54, 1.807) is 21.1 Å². The molecule has 3 N–H and O–H groups in total. The summed E-state index contributed by atoms with van der Waals surface area (Å²) < 4.78 is 0.119. The van der Waals surface area contributed by atoms with Gasteiger partial charge in [-0.1, -0.05) is 0 Å². The van der Waals surface area contributed by atoms with E-state index in [-0.39, 0.29) is 4.48 Å². The normalized spacial score (nSPS) is 17.1. The van der Waals surface area contributed by atoms with Gasteiger partial charge in [0.2, 0.25) is 6.23 Å². The predicted octanol–water partition coefficient (Wildman–Crippen LogP) is -1.15. The maximum Gasteiger partial charge on any atom is 0.306 e. The molecule has 0 amide bonds. The number of quaternary nitrogens is 1. The smallest absolute Gasteiger partial charge is 0.306 e. The molecule has 0 heterocycles. The number of likely N-dealkylation sites (N-methyl/N-ethyl adjacent to an activating group) is 1. The van der Waals surface area contributed by atoms with Crippen LogP contribution in [0.2, 0.25) is 0 Å². The molecule has 0 aliphatic rings. The summed E-state index contributed by atoms with van der Waals surface area (Å²) in [5, 5.41) is 26.9. The number of aliphatic hydroxyl groups excluding tert-OH is 2. The van der Waals surface area contributed by atoms with Crippen LogP contribution >= 0.6 is 0 Å². The molecule has 2 atom stereocenters. The van der Waals surface area contributed by atoms with Crippen LogP contribution in [0.1, 0.15) is 6.42 Å².